The summed E-state index contributed by atoms with van der Waals surface area (Å²) in [5.41, 5.74) is 1.07. The summed E-state index contributed by atoms with van der Waals surface area (Å²) in [6.45, 7) is 11.4. The number of rotatable bonds is 9. The molecule has 1 aromatic carbocycles. The Hall–Kier alpha value is -2.76. The molecule has 11 heteroatoms. The molecule has 0 spiro atoms. The summed E-state index contributed by atoms with van der Waals surface area (Å²) in [7, 11) is 1.84. The normalized spacial score (nSPS) is 14.9. The molecule has 0 saturated carbocycles. The van der Waals surface area contributed by atoms with E-state index < -0.39 is 0 Å². The van der Waals surface area contributed by atoms with Crippen LogP contribution in [0.1, 0.15) is 27.2 Å². The summed E-state index contributed by atoms with van der Waals surface area (Å²) in [5.74, 6) is 0.335. The van der Waals surface area contributed by atoms with Crippen molar-refractivity contribution in [3.63, 3.8) is 0 Å². The summed E-state index contributed by atoms with van der Waals surface area (Å²) in [4.78, 5) is 22.1. The van der Waals surface area contributed by atoms with E-state index in [1.54, 1.807) is 10.6 Å². The highest BCUT2D eigenvalue weighted by Crippen LogP contribution is 2.34. The van der Waals surface area contributed by atoms with E-state index in [0.29, 0.717) is 33.7 Å². The van der Waals surface area contributed by atoms with Crippen LogP contribution in [0, 0.1) is 5.82 Å². The van der Waals surface area contributed by atoms with Gasteiger partial charge in [-0.05, 0) is 45.9 Å². The van der Waals surface area contributed by atoms with E-state index in [4.69, 9.17) is 14.8 Å². The Morgan fingerprint density at radius 2 is 2.06 bits per heavy atom. The molecule has 0 bridgehead atoms. The molecule has 1 saturated heterocycles. The quantitative estimate of drug-likeness (QED) is 0.434. The monoisotopic (exact) mass is 503 g/mol. The lowest BCUT2D eigenvalue weighted by Gasteiger charge is -2.26. The number of morpholine rings is 1. The van der Waals surface area contributed by atoms with E-state index in [9.17, 15) is 9.18 Å². The molecule has 9 nitrogen and oxygen atoms in total. The zero-order chi connectivity index (χ0) is 25.0. The highest BCUT2D eigenvalue weighted by atomic mass is 32.1. The van der Waals surface area contributed by atoms with Crippen LogP contribution < -0.4 is 15.5 Å². The maximum atomic E-state index is 13.9. The summed E-state index contributed by atoms with van der Waals surface area (Å²) in [5, 5.41) is 11.9. The van der Waals surface area contributed by atoms with Crippen LogP contribution in [-0.4, -0.2) is 83.9 Å². The number of ether oxygens (including phenoxy) is 1. The van der Waals surface area contributed by atoms with Crippen LogP contribution in [0.4, 0.5) is 15.3 Å². The van der Waals surface area contributed by atoms with Crippen molar-refractivity contribution < 1.29 is 13.9 Å². The number of nitrogens with one attached hydrogen (secondary N) is 2. The number of benzene rings is 1. The Bertz CT molecular complexity index is 1150. The number of anilines is 2. The summed E-state index contributed by atoms with van der Waals surface area (Å²) in [6, 6.07) is 6.39. The van der Waals surface area contributed by atoms with Crippen LogP contribution in [0.3, 0.4) is 0 Å². The molecule has 190 valence electrons. The molecule has 4 rings (SSSR count). The first-order valence-corrected chi connectivity index (χ1v) is 12.7. The minimum Gasteiger partial charge on any atom is -0.379 e. The van der Waals surface area contributed by atoms with Crippen LogP contribution in [0.15, 0.2) is 24.3 Å². The minimum absolute atomic E-state index is 0.0455. The molecule has 0 atom stereocenters. The number of carbonyl (C=O) groups excluding carboxylic acids is 1. The Labute approximate surface area is 209 Å². The van der Waals surface area contributed by atoms with Crippen molar-refractivity contribution in [2.45, 2.75) is 32.7 Å². The summed E-state index contributed by atoms with van der Waals surface area (Å²) < 4.78 is 21.0. The van der Waals surface area contributed by atoms with Gasteiger partial charge in [0.05, 0.1) is 19.8 Å². The topological polar surface area (TPSA) is 87.0 Å². The fourth-order valence-corrected chi connectivity index (χ4v) is 4.75. The highest BCUT2D eigenvalue weighted by molar-refractivity contribution is 7.20. The van der Waals surface area contributed by atoms with Gasteiger partial charge >= 0.3 is 0 Å². The van der Waals surface area contributed by atoms with E-state index in [1.165, 1.54) is 23.5 Å². The molecular formula is C24H34FN7O2S. The van der Waals surface area contributed by atoms with Gasteiger partial charge in [-0.25, -0.2) is 9.37 Å². The van der Waals surface area contributed by atoms with Crippen LogP contribution in [-0.2, 0) is 9.53 Å². The molecule has 2 N–H and O–H groups in total. The largest absolute Gasteiger partial charge is 0.379 e. The number of likely N-dealkylation sites (N-methyl/N-ethyl adjacent to an activating group) is 1. The van der Waals surface area contributed by atoms with Gasteiger partial charge in [0.15, 0.2) is 5.82 Å². The van der Waals surface area contributed by atoms with Gasteiger partial charge in [0.1, 0.15) is 11.5 Å². The number of carbonyl (C=O) groups is 1. The lowest BCUT2D eigenvalue weighted by Crippen LogP contribution is -2.39. The summed E-state index contributed by atoms with van der Waals surface area (Å²) in [6.07, 6.45) is 0.908. The molecule has 1 amide bonds. The number of hydrogen-bond donors (Lipinski definition) is 2. The number of hydrogen-bond acceptors (Lipinski definition) is 8. The predicted molar refractivity (Wildman–Crippen MR) is 138 cm³/mol. The number of fused-ring (bicyclic) bond motifs is 1. The fraction of sp³-hybridized carbons (Fsp3) is 0.542. The van der Waals surface area contributed by atoms with Crippen LogP contribution >= 0.6 is 11.3 Å². The van der Waals surface area contributed by atoms with Gasteiger partial charge in [-0.2, -0.15) is 4.52 Å². The first-order valence-electron chi connectivity index (χ1n) is 11.9. The summed E-state index contributed by atoms with van der Waals surface area (Å²) >= 11 is 1.39. The maximum absolute atomic E-state index is 13.9. The second-order valence-electron chi connectivity index (χ2n) is 9.79. The fourth-order valence-electron chi connectivity index (χ4n) is 3.89. The van der Waals surface area contributed by atoms with Gasteiger partial charge in [0, 0.05) is 37.8 Å². The second-order valence-corrected chi connectivity index (χ2v) is 10.7. The average molecular weight is 504 g/mol. The molecule has 1 fully saturated rings. The maximum Gasteiger partial charge on any atom is 0.239 e. The van der Waals surface area contributed by atoms with Crippen molar-refractivity contribution in [1.82, 2.24) is 24.8 Å². The van der Waals surface area contributed by atoms with Gasteiger partial charge in [-0.1, -0.05) is 23.5 Å². The third-order valence-electron chi connectivity index (χ3n) is 5.57. The van der Waals surface area contributed by atoms with E-state index in [-0.39, 0.29) is 23.8 Å². The van der Waals surface area contributed by atoms with Gasteiger partial charge in [0.25, 0.3) is 0 Å². The first kappa shape index (κ1) is 25.3. The smallest absolute Gasteiger partial charge is 0.239 e. The van der Waals surface area contributed by atoms with E-state index in [0.717, 1.165) is 39.3 Å². The Morgan fingerprint density at radius 1 is 1.29 bits per heavy atom. The first-order chi connectivity index (χ1) is 16.7. The van der Waals surface area contributed by atoms with Crippen molar-refractivity contribution in [3.8, 4) is 11.3 Å². The van der Waals surface area contributed by atoms with Gasteiger partial charge in [-0.15, -0.1) is 5.10 Å². The van der Waals surface area contributed by atoms with Gasteiger partial charge < -0.3 is 20.3 Å². The molecule has 3 heterocycles. The lowest BCUT2D eigenvalue weighted by atomic mass is 10.1. The van der Waals surface area contributed by atoms with E-state index in [2.05, 4.69) is 15.5 Å². The molecular weight excluding hydrogens is 469 g/mol. The van der Waals surface area contributed by atoms with Crippen molar-refractivity contribution in [2.24, 2.45) is 0 Å². The van der Waals surface area contributed by atoms with Crippen molar-refractivity contribution in [3.05, 3.63) is 30.1 Å². The van der Waals surface area contributed by atoms with Crippen LogP contribution in [0.25, 0.3) is 16.2 Å². The number of amides is 1. The Balaban J connectivity index is 1.42. The number of imidazole rings is 1. The van der Waals surface area contributed by atoms with Crippen LogP contribution in [0.2, 0.25) is 0 Å². The molecule has 0 radical (unpaired) electrons. The lowest BCUT2D eigenvalue weighted by molar-refractivity contribution is -0.119. The van der Waals surface area contributed by atoms with Crippen molar-refractivity contribution in [1.29, 1.82) is 0 Å². The Kier molecular flexibility index (Phi) is 7.88. The zero-order valence-corrected chi connectivity index (χ0v) is 21.6. The third-order valence-corrected chi connectivity index (χ3v) is 6.59. The molecule has 3 aromatic rings. The average Bonchev–Trinajstić information content (AvgIpc) is 3.36. The highest BCUT2D eigenvalue weighted by Gasteiger charge is 2.23. The molecule has 1 aliphatic heterocycles. The van der Waals surface area contributed by atoms with Gasteiger partial charge in [-0.3, -0.25) is 9.69 Å². The molecule has 2 aromatic heterocycles. The molecule has 1 aliphatic rings. The second kappa shape index (κ2) is 10.9. The molecule has 0 unspecified atom stereocenters. The number of halogens is 1. The number of aromatic nitrogens is 3. The minimum atomic E-state index is -0.315. The predicted octanol–water partition coefficient (Wildman–Crippen LogP) is 3.08. The zero-order valence-electron chi connectivity index (χ0n) is 20.8. The third kappa shape index (κ3) is 6.68. The van der Waals surface area contributed by atoms with Gasteiger partial charge in [0.2, 0.25) is 16.0 Å². The van der Waals surface area contributed by atoms with Crippen molar-refractivity contribution in [2.75, 3.05) is 63.2 Å². The van der Waals surface area contributed by atoms with Crippen molar-refractivity contribution >= 4 is 33.2 Å². The van der Waals surface area contributed by atoms with Crippen LogP contribution in [0.5, 0.6) is 0 Å². The molecule has 35 heavy (non-hydrogen) atoms. The molecule has 0 aliphatic carbocycles. The van der Waals surface area contributed by atoms with E-state index >= 15 is 0 Å². The SMILES string of the molecule is CN(CC(=O)NCCCN1CCOCC1)c1nn2c(NC(C)(C)C)c(-c3cccc(F)c3)nc2s1. The number of nitrogens with zero attached hydrogens (tertiary/aromatic N) is 5. The standard InChI is InChI=1S/C24H34FN7O2S/c1-24(2,3)28-21-20(17-7-5-8-18(25)15-17)27-22-32(21)29-23(35-22)30(4)16-19(33)26-9-6-10-31-11-13-34-14-12-31/h5,7-8,15,28H,6,9-14,16H2,1-4H3,(H,26,33). The Morgan fingerprint density at radius 3 is 2.77 bits per heavy atom. The van der Waals surface area contributed by atoms with E-state index in [1.807, 2.05) is 38.8 Å².